The highest BCUT2D eigenvalue weighted by Crippen LogP contribution is 2.24. The highest BCUT2D eigenvalue weighted by Gasteiger charge is 2.21. The van der Waals surface area contributed by atoms with E-state index in [1.165, 1.54) is 21.8 Å². The quantitative estimate of drug-likeness (QED) is 0.874. The second-order valence-electron chi connectivity index (χ2n) is 4.38. The molecule has 0 unspecified atom stereocenters. The smallest absolute Gasteiger partial charge is 0.244 e. The molecule has 0 saturated carbocycles. The number of thiophene rings is 1. The van der Waals surface area contributed by atoms with Gasteiger partial charge in [-0.25, -0.2) is 13.4 Å². The number of aromatic nitrogens is 1. The van der Waals surface area contributed by atoms with Crippen molar-refractivity contribution in [1.29, 1.82) is 0 Å². The lowest BCUT2D eigenvalue weighted by Gasteiger charge is -2.16. The zero-order chi connectivity index (χ0) is 15.5. The van der Waals surface area contributed by atoms with Gasteiger partial charge in [0.15, 0.2) is 0 Å². The second-order valence-corrected chi connectivity index (χ2v) is 8.22. The van der Waals surface area contributed by atoms with E-state index in [0.29, 0.717) is 10.2 Å². The lowest BCUT2D eigenvalue weighted by atomic mass is 10.4. The highest BCUT2D eigenvalue weighted by molar-refractivity contribution is 7.89. The van der Waals surface area contributed by atoms with E-state index < -0.39 is 10.0 Å². The van der Waals surface area contributed by atoms with Gasteiger partial charge in [0, 0.05) is 31.2 Å². The van der Waals surface area contributed by atoms with Crippen LogP contribution >= 0.6 is 22.9 Å². The zero-order valence-corrected chi connectivity index (χ0v) is 14.1. The van der Waals surface area contributed by atoms with Gasteiger partial charge in [-0.2, -0.15) is 4.31 Å². The van der Waals surface area contributed by atoms with Gasteiger partial charge >= 0.3 is 0 Å². The Kier molecular flexibility index (Phi) is 5.21. The van der Waals surface area contributed by atoms with E-state index >= 15 is 0 Å². The highest BCUT2D eigenvalue weighted by atomic mass is 35.5. The van der Waals surface area contributed by atoms with Crippen LogP contribution in [-0.4, -0.2) is 31.3 Å². The van der Waals surface area contributed by atoms with E-state index in [0.717, 1.165) is 11.4 Å². The zero-order valence-electron chi connectivity index (χ0n) is 11.7. The van der Waals surface area contributed by atoms with E-state index in [-0.39, 0.29) is 11.4 Å². The Balaban J connectivity index is 2.16. The molecule has 21 heavy (non-hydrogen) atoms. The summed E-state index contributed by atoms with van der Waals surface area (Å²) in [5.41, 5.74) is 0. The largest absolute Gasteiger partial charge is 0.370 e. The summed E-state index contributed by atoms with van der Waals surface area (Å²) in [6.45, 7) is 2.97. The van der Waals surface area contributed by atoms with Crippen LogP contribution in [-0.2, 0) is 16.6 Å². The summed E-state index contributed by atoms with van der Waals surface area (Å²) < 4.78 is 26.8. The van der Waals surface area contributed by atoms with Crippen molar-refractivity contribution in [3.63, 3.8) is 0 Å². The van der Waals surface area contributed by atoms with E-state index in [1.807, 2.05) is 13.0 Å². The molecule has 0 aliphatic heterocycles. The first-order chi connectivity index (χ1) is 9.93. The van der Waals surface area contributed by atoms with Gasteiger partial charge < -0.3 is 5.32 Å². The minimum Gasteiger partial charge on any atom is -0.370 e. The van der Waals surface area contributed by atoms with Gasteiger partial charge in [-0.05, 0) is 31.2 Å². The van der Waals surface area contributed by atoms with Crippen LogP contribution in [0.3, 0.4) is 0 Å². The number of nitrogens with zero attached hydrogens (tertiary/aromatic N) is 2. The molecule has 114 valence electrons. The maximum absolute atomic E-state index is 12.4. The average Bonchev–Trinajstić information content (AvgIpc) is 2.85. The molecule has 0 aromatic carbocycles. The SMILES string of the molecule is CCNc1ccc(S(=O)(=O)N(C)Cc2ccc(Cl)s2)cn1. The van der Waals surface area contributed by atoms with Crippen molar-refractivity contribution in [2.45, 2.75) is 18.4 Å². The molecule has 0 bridgehead atoms. The number of hydrogen-bond donors (Lipinski definition) is 1. The van der Waals surface area contributed by atoms with Crippen LogP contribution in [0.1, 0.15) is 11.8 Å². The van der Waals surface area contributed by atoms with Gasteiger partial charge in [0.2, 0.25) is 10.0 Å². The van der Waals surface area contributed by atoms with Crippen LogP contribution in [0.4, 0.5) is 5.82 Å². The van der Waals surface area contributed by atoms with Crippen molar-refractivity contribution in [3.05, 3.63) is 39.7 Å². The first kappa shape index (κ1) is 16.2. The van der Waals surface area contributed by atoms with E-state index in [2.05, 4.69) is 10.3 Å². The molecule has 0 amide bonds. The van der Waals surface area contributed by atoms with E-state index in [9.17, 15) is 8.42 Å². The van der Waals surface area contributed by atoms with Gasteiger partial charge in [0.05, 0.1) is 4.34 Å². The third-order valence-corrected chi connectivity index (χ3v) is 5.81. The summed E-state index contributed by atoms with van der Waals surface area (Å²) in [5.74, 6) is 0.657. The number of sulfonamides is 1. The van der Waals surface area contributed by atoms with Gasteiger partial charge in [-0.3, -0.25) is 0 Å². The Bertz CT molecular complexity index is 698. The molecule has 2 rings (SSSR count). The number of anilines is 1. The maximum atomic E-state index is 12.4. The lowest BCUT2D eigenvalue weighted by molar-refractivity contribution is 0.469. The molecule has 0 saturated heterocycles. The molecule has 0 aliphatic carbocycles. The fraction of sp³-hybridized carbons (Fsp3) is 0.308. The average molecular weight is 346 g/mol. The summed E-state index contributed by atoms with van der Waals surface area (Å²) in [7, 11) is -2.01. The van der Waals surface area contributed by atoms with Crippen LogP contribution in [0.15, 0.2) is 35.4 Å². The van der Waals surface area contributed by atoms with Crippen LogP contribution in [0.25, 0.3) is 0 Å². The number of pyridine rings is 1. The topological polar surface area (TPSA) is 62.3 Å². The summed E-state index contributed by atoms with van der Waals surface area (Å²) in [4.78, 5) is 5.16. The third-order valence-electron chi connectivity index (χ3n) is 2.81. The molecule has 2 aromatic heterocycles. The van der Waals surface area contributed by atoms with Gasteiger partial charge in [0.25, 0.3) is 0 Å². The number of hydrogen-bond acceptors (Lipinski definition) is 5. The van der Waals surface area contributed by atoms with E-state index in [1.54, 1.807) is 25.2 Å². The molecule has 0 radical (unpaired) electrons. The summed E-state index contributed by atoms with van der Waals surface area (Å²) >= 11 is 7.23. The van der Waals surface area contributed by atoms with Crippen molar-refractivity contribution in [1.82, 2.24) is 9.29 Å². The fourth-order valence-corrected chi connectivity index (χ4v) is 4.06. The standard InChI is InChI=1S/C13H16ClN3O2S2/c1-3-15-13-7-5-11(8-16-13)21(18,19)17(2)9-10-4-6-12(14)20-10/h4-8H,3,9H2,1-2H3,(H,15,16). The van der Waals surface area contributed by atoms with Gasteiger partial charge in [0.1, 0.15) is 10.7 Å². The summed E-state index contributed by atoms with van der Waals surface area (Å²) in [6, 6.07) is 6.80. The Morgan fingerprint density at radius 1 is 1.33 bits per heavy atom. The first-order valence-electron chi connectivity index (χ1n) is 6.34. The van der Waals surface area contributed by atoms with Gasteiger partial charge in [-0.1, -0.05) is 11.6 Å². The van der Waals surface area contributed by atoms with Crippen LogP contribution in [0, 0.1) is 0 Å². The molecular weight excluding hydrogens is 330 g/mol. The molecule has 0 atom stereocenters. The number of nitrogens with one attached hydrogen (secondary N) is 1. The maximum Gasteiger partial charge on any atom is 0.244 e. The summed E-state index contributed by atoms with van der Waals surface area (Å²) in [6.07, 6.45) is 1.37. The molecule has 8 heteroatoms. The molecule has 0 fully saturated rings. The normalized spacial score (nSPS) is 11.8. The molecule has 2 aromatic rings. The predicted molar refractivity (Wildman–Crippen MR) is 86.4 cm³/mol. The van der Waals surface area contributed by atoms with Crippen molar-refractivity contribution >= 4 is 38.8 Å². The Morgan fingerprint density at radius 3 is 2.62 bits per heavy atom. The third kappa shape index (κ3) is 3.94. The molecule has 5 nitrogen and oxygen atoms in total. The fourth-order valence-electron chi connectivity index (χ4n) is 1.74. The number of halogens is 1. The predicted octanol–water partition coefficient (Wildman–Crippen LogP) is 3.05. The molecule has 2 heterocycles. The molecule has 1 N–H and O–H groups in total. The molecule has 0 spiro atoms. The van der Waals surface area contributed by atoms with E-state index in [4.69, 9.17) is 11.6 Å². The molecule has 0 aliphatic rings. The Labute approximate surface area is 133 Å². The minimum absolute atomic E-state index is 0.175. The minimum atomic E-state index is -3.55. The van der Waals surface area contributed by atoms with Crippen LogP contribution in [0.5, 0.6) is 0 Å². The number of rotatable bonds is 6. The monoisotopic (exact) mass is 345 g/mol. The van der Waals surface area contributed by atoms with Crippen molar-refractivity contribution in [2.75, 3.05) is 18.9 Å². The van der Waals surface area contributed by atoms with Crippen LogP contribution in [0.2, 0.25) is 4.34 Å². The first-order valence-corrected chi connectivity index (χ1v) is 8.97. The second kappa shape index (κ2) is 6.74. The Hall–Kier alpha value is -1.15. The van der Waals surface area contributed by atoms with Crippen molar-refractivity contribution in [3.8, 4) is 0 Å². The van der Waals surface area contributed by atoms with Crippen molar-refractivity contribution in [2.24, 2.45) is 0 Å². The Morgan fingerprint density at radius 2 is 2.10 bits per heavy atom. The summed E-state index contributed by atoms with van der Waals surface area (Å²) in [5, 5.41) is 3.03. The van der Waals surface area contributed by atoms with Crippen LogP contribution < -0.4 is 5.32 Å². The lowest BCUT2D eigenvalue weighted by Crippen LogP contribution is -2.26. The molecular formula is C13H16ClN3O2S2. The van der Waals surface area contributed by atoms with Gasteiger partial charge in [-0.15, -0.1) is 11.3 Å². The van der Waals surface area contributed by atoms with Crippen molar-refractivity contribution < 1.29 is 8.42 Å².